The van der Waals surface area contributed by atoms with E-state index in [2.05, 4.69) is 6.92 Å². The third-order valence-electron chi connectivity index (χ3n) is 3.79. The number of ether oxygens (including phenoxy) is 2. The average molecular weight is 260 g/mol. The lowest BCUT2D eigenvalue weighted by molar-refractivity contribution is 0.139. The molecule has 0 bridgehead atoms. The van der Waals surface area contributed by atoms with Gasteiger partial charge in [0.1, 0.15) is 17.1 Å². The fraction of sp³-hybridized carbons (Fsp3) is 0.400. The van der Waals surface area contributed by atoms with Crippen molar-refractivity contribution in [3.05, 3.63) is 34.2 Å². The van der Waals surface area contributed by atoms with Crippen LogP contribution in [-0.2, 0) is 6.42 Å². The van der Waals surface area contributed by atoms with E-state index in [-0.39, 0.29) is 11.7 Å². The van der Waals surface area contributed by atoms with E-state index in [1.165, 1.54) is 6.07 Å². The lowest BCUT2D eigenvalue weighted by Crippen LogP contribution is -2.28. The Labute approximate surface area is 110 Å². The first-order chi connectivity index (χ1) is 9.10. The molecule has 2 atom stereocenters. The lowest BCUT2D eigenvalue weighted by atomic mass is 9.91. The van der Waals surface area contributed by atoms with Crippen molar-refractivity contribution in [1.82, 2.24) is 0 Å². The second kappa shape index (κ2) is 4.30. The predicted molar refractivity (Wildman–Crippen MR) is 72.0 cm³/mol. The van der Waals surface area contributed by atoms with Crippen LogP contribution in [0.2, 0.25) is 0 Å². The highest BCUT2D eigenvalue weighted by atomic mass is 16.5. The van der Waals surface area contributed by atoms with Crippen molar-refractivity contribution < 1.29 is 13.9 Å². The van der Waals surface area contributed by atoms with Gasteiger partial charge in [0.25, 0.3) is 0 Å². The van der Waals surface area contributed by atoms with Crippen molar-refractivity contribution in [2.75, 3.05) is 7.11 Å². The summed E-state index contributed by atoms with van der Waals surface area (Å²) in [5.74, 6) is 1.80. The zero-order valence-electron chi connectivity index (χ0n) is 11.2. The molecule has 4 nitrogen and oxygen atoms in total. The first-order valence-corrected chi connectivity index (χ1v) is 6.40. The van der Waals surface area contributed by atoms with Crippen LogP contribution >= 0.6 is 0 Å². The predicted octanol–water partition coefficient (Wildman–Crippen LogP) is 2.76. The highest BCUT2D eigenvalue weighted by Gasteiger charge is 2.27. The maximum atomic E-state index is 11.5. The van der Waals surface area contributed by atoms with Crippen LogP contribution in [0.4, 0.5) is 0 Å². The zero-order valence-corrected chi connectivity index (χ0v) is 11.2. The Morgan fingerprint density at radius 1 is 1.32 bits per heavy atom. The van der Waals surface area contributed by atoms with Gasteiger partial charge in [-0.2, -0.15) is 0 Å². The summed E-state index contributed by atoms with van der Waals surface area (Å²) in [7, 11) is 1.60. The number of benzene rings is 1. The molecule has 19 heavy (non-hydrogen) atoms. The van der Waals surface area contributed by atoms with Crippen molar-refractivity contribution in [2.45, 2.75) is 26.4 Å². The Balaban J connectivity index is 2.33. The molecule has 0 aliphatic carbocycles. The Kier molecular flexibility index (Phi) is 2.73. The minimum absolute atomic E-state index is 0.144. The molecule has 0 unspecified atom stereocenters. The fourth-order valence-electron chi connectivity index (χ4n) is 2.50. The number of hydrogen-bond donors (Lipinski definition) is 0. The van der Waals surface area contributed by atoms with Gasteiger partial charge in [-0.1, -0.05) is 6.92 Å². The van der Waals surface area contributed by atoms with Gasteiger partial charge >= 0.3 is 5.63 Å². The van der Waals surface area contributed by atoms with Crippen LogP contribution in [0.25, 0.3) is 11.0 Å². The average Bonchev–Trinajstić information content (AvgIpc) is 2.39. The van der Waals surface area contributed by atoms with Gasteiger partial charge in [0, 0.05) is 17.7 Å². The fourth-order valence-corrected chi connectivity index (χ4v) is 2.50. The van der Waals surface area contributed by atoms with Crippen molar-refractivity contribution in [1.29, 1.82) is 0 Å². The topological polar surface area (TPSA) is 48.7 Å². The molecule has 2 aromatic rings. The number of rotatable bonds is 1. The van der Waals surface area contributed by atoms with E-state index in [1.54, 1.807) is 13.2 Å². The van der Waals surface area contributed by atoms with Gasteiger partial charge in [-0.25, -0.2) is 4.79 Å². The van der Waals surface area contributed by atoms with E-state index in [4.69, 9.17) is 13.9 Å². The molecule has 0 amide bonds. The highest BCUT2D eigenvalue weighted by Crippen LogP contribution is 2.40. The maximum absolute atomic E-state index is 11.5. The molecule has 0 N–H and O–H groups in total. The van der Waals surface area contributed by atoms with Gasteiger partial charge in [0.05, 0.1) is 18.6 Å². The number of fused-ring (bicyclic) bond motifs is 3. The largest absolute Gasteiger partial charge is 0.496 e. The molecule has 100 valence electrons. The lowest BCUT2D eigenvalue weighted by Gasteiger charge is -2.29. The Hall–Kier alpha value is -1.97. The molecule has 0 radical (unpaired) electrons. The summed E-state index contributed by atoms with van der Waals surface area (Å²) >= 11 is 0. The summed E-state index contributed by atoms with van der Waals surface area (Å²) in [6.45, 7) is 4.18. The first kappa shape index (κ1) is 12.1. The van der Waals surface area contributed by atoms with Crippen LogP contribution in [0.3, 0.4) is 0 Å². The van der Waals surface area contributed by atoms with Gasteiger partial charge in [-0.05, 0) is 25.3 Å². The third kappa shape index (κ3) is 1.87. The summed E-state index contributed by atoms with van der Waals surface area (Å²) in [5.41, 5.74) is 1.19. The van der Waals surface area contributed by atoms with E-state index in [0.29, 0.717) is 17.3 Å². The molecule has 4 heteroatoms. The van der Waals surface area contributed by atoms with Crippen LogP contribution in [0.5, 0.6) is 11.5 Å². The van der Waals surface area contributed by atoms with Crippen molar-refractivity contribution in [3.63, 3.8) is 0 Å². The normalized spacial score (nSPS) is 21.8. The smallest absolute Gasteiger partial charge is 0.336 e. The minimum atomic E-state index is -0.353. The molecular formula is C15H16O4. The molecule has 1 aliphatic rings. The standard InChI is InChI=1S/C15H16O4/c1-8-6-11-13(18-9(8)2)7-12(17-3)10-4-5-14(16)19-15(10)11/h4-5,7-9H,6H2,1-3H3/t8-,9+/m0/s1. The maximum Gasteiger partial charge on any atom is 0.336 e. The molecule has 1 aromatic carbocycles. The quantitative estimate of drug-likeness (QED) is 0.740. The zero-order chi connectivity index (χ0) is 13.6. The summed E-state index contributed by atoms with van der Waals surface area (Å²) in [4.78, 5) is 11.5. The van der Waals surface area contributed by atoms with Gasteiger partial charge in [-0.3, -0.25) is 0 Å². The van der Waals surface area contributed by atoms with E-state index in [0.717, 1.165) is 23.1 Å². The molecule has 0 saturated carbocycles. The molecule has 1 aliphatic heterocycles. The van der Waals surface area contributed by atoms with Crippen LogP contribution in [0.15, 0.2) is 27.4 Å². The van der Waals surface area contributed by atoms with E-state index in [1.807, 2.05) is 13.0 Å². The van der Waals surface area contributed by atoms with Crippen LogP contribution < -0.4 is 15.1 Å². The monoisotopic (exact) mass is 260 g/mol. The molecule has 0 saturated heterocycles. The van der Waals surface area contributed by atoms with Crippen LogP contribution in [0, 0.1) is 5.92 Å². The second-order valence-corrected chi connectivity index (χ2v) is 5.06. The third-order valence-corrected chi connectivity index (χ3v) is 3.79. The Bertz CT molecular complexity index is 686. The second-order valence-electron chi connectivity index (χ2n) is 5.06. The first-order valence-electron chi connectivity index (χ1n) is 6.40. The summed E-state index contributed by atoms with van der Waals surface area (Å²) in [6, 6.07) is 5.02. The van der Waals surface area contributed by atoms with E-state index < -0.39 is 0 Å². The van der Waals surface area contributed by atoms with Crippen molar-refractivity contribution in [3.8, 4) is 11.5 Å². The highest BCUT2D eigenvalue weighted by molar-refractivity contribution is 5.88. The molecular weight excluding hydrogens is 244 g/mol. The van der Waals surface area contributed by atoms with Crippen molar-refractivity contribution >= 4 is 11.0 Å². The van der Waals surface area contributed by atoms with Crippen LogP contribution in [-0.4, -0.2) is 13.2 Å². The Morgan fingerprint density at radius 3 is 2.84 bits per heavy atom. The summed E-state index contributed by atoms with van der Waals surface area (Å²) < 4.78 is 16.6. The van der Waals surface area contributed by atoms with E-state index >= 15 is 0 Å². The summed E-state index contributed by atoms with van der Waals surface area (Å²) in [6.07, 6.45) is 0.981. The number of hydrogen-bond acceptors (Lipinski definition) is 4. The minimum Gasteiger partial charge on any atom is -0.496 e. The molecule has 2 heterocycles. The van der Waals surface area contributed by atoms with Gasteiger partial charge in [-0.15, -0.1) is 0 Å². The Morgan fingerprint density at radius 2 is 2.11 bits per heavy atom. The molecule has 3 rings (SSSR count). The van der Waals surface area contributed by atoms with Gasteiger partial charge < -0.3 is 13.9 Å². The summed E-state index contributed by atoms with van der Waals surface area (Å²) in [5, 5.41) is 0.811. The SMILES string of the molecule is COc1cc2c(c3oc(=O)ccc13)C[C@H](C)[C@@H](C)O2. The van der Waals surface area contributed by atoms with Crippen molar-refractivity contribution in [2.24, 2.45) is 5.92 Å². The van der Waals surface area contributed by atoms with Crippen LogP contribution in [0.1, 0.15) is 19.4 Å². The number of methoxy groups -OCH3 is 1. The van der Waals surface area contributed by atoms with Gasteiger partial charge in [0.15, 0.2) is 0 Å². The molecule has 0 spiro atoms. The van der Waals surface area contributed by atoms with E-state index in [9.17, 15) is 4.79 Å². The van der Waals surface area contributed by atoms with Gasteiger partial charge in [0.2, 0.25) is 0 Å². The molecule has 0 fully saturated rings. The molecule has 1 aromatic heterocycles.